The van der Waals surface area contributed by atoms with Crippen LogP contribution in [-0.4, -0.2) is 38.2 Å². The van der Waals surface area contributed by atoms with Crippen LogP contribution < -0.4 is 4.74 Å². The highest BCUT2D eigenvalue weighted by Crippen LogP contribution is 2.40. The minimum Gasteiger partial charge on any atom is -0.492 e. The Balaban J connectivity index is 0.000000274. The van der Waals surface area contributed by atoms with Crippen molar-refractivity contribution in [2.45, 2.75) is 132 Å². The van der Waals surface area contributed by atoms with Crippen LogP contribution in [0.2, 0.25) is 0 Å². The second kappa shape index (κ2) is 21.0. The number of benzene rings is 4. The number of carbonyl (C=O) groups excluding carboxylic acids is 2. The Kier molecular flexibility index (Phi) is 16.6. The number of alkyl halides is 6. The molecule has 0 fully saturated rings. The molecule has 0 saturated heterocycles. The predicted octanol–water partition coefficient (Wildman–Crippen LogP) is 14.3. The van der Waals surface area contributed by atoms with Gasteiger partial charge in [0.1, 0.15) is 28.2 Å². The van der Waals surface area contributed by atoms with E-state index in [1.54, 1.807) is 20.8 Å². The van der Waals surface area contributed by atoms with E-state index in [-0.39, 0.29) is 30.2 Å². The molecule has 2 heterocycles. The number of nitrogens with zero attached hydrogens (tertiary/aromatic N) is 4. The summed E-state index contributed by atoms with van der Waals surface area (Å²) >= 11 is 0. The first-order valence-electron chi connectivity index (χ1n) is 22.6. The van der Waals surface area contributed by atoms with Crippen molar-refractivity contribution in [2.75, 3.05) is 7.11 Å². The topological polar surface area (TPSA) is 79.0 Å². The number of carbonyl (C=O) groups is 2. The monoisotopic (exact) mass is 1060 g/mol. The number of aryl methyl sites for hydroxylation is 6. The van der Waals surface area contributed by atoms with Crippen molar-refractivity contribution in [3.8, 4) is 5.75 Å². The fourth-order valence-electron chi connectivity index (χ4n) is 8.52. The first-order chi connectivity index (χ1) is 33.8. The Morgan fingerprint density at radius 3 is 1.16 bits per heavy atom. The smallest absolute Gasteiger partial charge is 0.422 e. The Bertz CT molecular complexity index is 3080. The van der Waals surface area contributed by atoms with E-state index >= 15 is 0 Å². The average Bonchev–Trinajstić information content (AvgIpc) is 3.87. The maximum absolute atomic E-state index is 14.6. The lowest BCUT2D eigenvalue weighted by atomic mass is 9.91. The molecule has 6 rings (SSSR count). The van der Waals surface area contributed by atoms with Gasteiger partial charge in [0.2, 0.25) is 0 Å². The number of hydrogen-bond acceptors (Lipinski definition) is 5. The molecule has 0 saturated carbocycles. The van der Waals surface area contributed by atoms with Crippen molar-refractivity contribution < 1.29 is 75.8 Å². The van der Waals surface area contributed by atoms with Crippen LogP contribution >= 0.6 is 0 Å². The summed E-state index contributed by atoms with van der Waals surface area (Å²) in [6.07, 6.45) is -13.8. The van der Waals surface area contributed by atoms with Crippen molar-refractivity contribution in [1.82, 2.24) is 19.6 Å². The van der Waals surface area contributed by atoms with Crippen LogP contribution in [0, 0.1) is 88.1 Å². The number of ketones is 2. The lowest BCUT2D eigenvalue weighted by Gasteiger charge is -2.16. The Morgan fingerprint density at radius 1 is 0.486 bits per heavy atom. The van der Waals surface area contributed by atoms with Crippen molar-refractivity contribution in [3.05, 3.63) is 166 Å². The minimum atomic E-state index is -5.69. The molecule has 0 amide bonds. The van der Waals surface area contributed by atoms with Gasteiger partial charge >= 0.3 is 12.4 Å². The summed E-state index contributed by atoms with van der Waals surface area (Å²) in [4.78, 5) is 26.6. The van der Waals surface area contributed by atoms with E-state index in [0.717, 1.165) is 44.5 Å². The zero-order valence-electron chi connectivity index (χ0n) is 42.5. The van der Waals surface area contributed by atoms with Gasteiger partial charge in [-0.15, -0.1) is 0 Å². The van der Waals surface area contributed by atoms with E-state index in [0.29, 0.717) is 11.4 Å². The Hall–Kier alpha value is -6.54. The first kappa shape index (κ1) is 58.4. The van der Waals surface area contributed by atoms with Gasteiger partial charge in [-0.05, 0) is 81.0 Å². The van der Waals surface area contributed by atoms with E-state index in [1.807, 2.05) is 86.6 Å². The molecule has 6 aromatic rings. The molecular formula is C53H52F14N4O3. The number of Topliss-reactive ketones (excluding diaryl/α,β-unsaturated/α-hetero) is 2. The number of ether oxygens (including phenoxy) is 1. The molecule has 4 aromatic carbocycles. The van der Waals surface area contributed by atoms with Gasteiger partial charge in [-0.2, -0.15) is 36.5 Å². The van der Waals surface area contributed by atoms with Gasteiger partial charge < -0.3 is 4.74 Å². The van der Waals surface area contributed by atoms with Gasteiger partial charge in [-0.1, -0.05) is 76.9 Å². The SMILES string of the molecule is COc1c(C(C)(C)C)nn(Cc2c(C)cc(C)cc2C)c1C(=O)Cc1c(F)c(F)c(C(F)(F)F)c(F)c1F.Cc1cc(C)c(Cn2nc(C(C)(C)C)cc2C(=O)Cc2c(F)c(F)c(C(F)(F)F)c(F)c2F)c(C)c1. The molecule has 0 aliphatic carbocycles. The van der Waals surface area contributed by atoms with E-state index in [9.17, 15) is 71.1 Å². The third-order valence-corrected chi connectivity index (χ3v) is 12.2. The van der Waals surface area contributed by atoms with Crippen molar-refractivity contribution in [2.24, 2.45) is 0 Å². The molecule has 400 valence electrons. The van der Waals surface area contributed by atoms with E-state index < -0.39 is 116 Å². The van der Waals surface area contributed by atoms with Crippen LogP contribution in [0.3, 0.4) is 0 Å². The summed E-state index contributed by atoms with van der Waals surface area (Å²) in [5, 5.41) is 9.01. The molecule has 0 aliphatic rings. The van der Waals surface area contributed by atoms with E-state index in [2.05, 4.69) is 10.2 Å². The fraction of sp³-hybridized carbons (Fsp3) is 0.396. The van der Waals surface area contributed by atoms with Crippen molar-refractivity contribution >= 4 is 11.6 Å². The molecule has 0 N–H and O–H groups in total. The number of hydrogen-bond donors (Lipinski definition) is 0. The van der Waals surface area contributed by atoms with Gasteiger partial charge in [-0.3, -0.25) is 19.0 Å². The summed E-state index contributed by atoms with van der Waals surface area (Å²) in [5.41, 5.74) is -1.70. The fourth-order valence-corrected chi connectivity index (χ4v) is 8.52. The third kappa shape index (κ3) is 11.9. The lowest BCUT2D eigenvalue weighted by Crippen LogP contribution is -2.20. The van der Waals surface area contributed by atoms with Crippen LogP contribution in [0.5, 0.6) is 5.75 Å². The first-order valence-corrected chi connectivity index (χ1v) is 22.6. The van der Waals surface area contributed by atoms with Gasteiger partial charge in [0, 0.05) is 34.8 Å². The zero-order valence-corrected chi connectivity index (χ0v) is 42.5. The largest absolute Gasteiger partial charge is 0.492 e. The molecule has 21 heteroatoms. The van der Waals surface area contributed by atoms with Crippen molar-refractivity contribution in [3.63, 3.8) is 0 Å². The maximum atomic E-state index is 14.6. The number of halogens is 14. The Morgan fingerprint density at radius 2 is 0.838 bits per heavy atom. The molecule has 0 radical (unpaired) electrons. The van der Waals surface area contributed by atoms with Crippen LogP contribution in [0.25, 0.3) is 0 Å². The standard InChI is InChI=1S/C27H27F7N2O2.C26H25F7N2O/c1-12-8-13(2)16(14(3)9-12)11-36-23(24(38-7)25(35-36)26(4,5)6)17(37)10-15-19(28)21(30)18(27(32,33)34)22(31)20(15)29;1-12-7-13(2)16(14(3)8-12)11-35-17(10-19(34-35)25(4,5)6)18(36)9-15-21(27)23(29)20(26(31,32)33)24(30)22(15)28/h8-9H,10-11H2,1-7H3;7-8,10H,9,11H2,1-6H3. The summed E-state index contributed by atoms with van der Waals surface area (Å²) < 4.78 is 200. The molecule has 74 heavy (non-hydrogen) atoms. The van der Waals surface area contributed by atoms with Gasteiger partial charge in [0.15, 0.2) is 63.9 Å². The van der Waals surface area contributed by atoms with Gasteiger partial charge in [-0.25, -0.2) is 35.1 Å². The number of aromatic nitrogens is 4. The number of rotatable bonds is 11. The molecule has 2 aromatic heterocycles. The average molecular weight is 1060 g/mol. The highest BCUT2D eigenvalue weighted by molar-refractivity contribution is 5.99. The highest BCUT2D eigenvalue weighted by atomic mass is 19.4. The predicted molar refractivity (Wildman–Crippen MR) is 247 cm³/mol. The van der Waals surface area contributed by atoms with Crippen LogP contribution in [-0.2, 0) is 49.1 Å². The summed E-state index contributed by atoms with van der Waals surface area (Å²) in [6, 6.07) is 9.14. The van der Waals surface area contributed by atoms with Crippen LogP contribution in [0.15, 0.2) is 30.3 Å². The van der Waals surface area contributed by atoms with Crippen LogP contribution in [0.4, 0.5) is 61.5 Å². The molecule has 0 spiro atoms. The lowest BCUT2D eigenvalue weighted by molar-refractivity contribution is -0.144. The Labute approximate surface area is 417 Å². The molecule has 0 unspecified atom stereocenters. The maximum Gasteiger partial charge on any atom is 0.422 e. The summed E-state index contributed by atoms with van der Waals surface area (Å²) in [7, 11) is 1.26. The molecule has 0 bridgehead atoms. The summed E-state index contributed by atoms with van der Waals surface area (Å²) in [5.74, 6) is -21.6. The second-order valence-electron chi connectivity index (χ2n) is 20.1. The zero-order chi connectivity index (χ0) is 56.2. The van der Waals surface area contributed by atoms with Gasteiger partial charge in [0.25, 0.3) is 0 Å². The minimum absolute atomic E-state index is 0.0152. The molecular weight excluding hydrogens is 1010 g/mol. The van der Waals surface area contributed by atoms with E-state index in [4.69, 9.17) is 4.74 Å². The molecule has 0 aliphatic heterocycles. The van der Waals surface area contributed by atoms with E-state index in [1.165, 1.54) is 22.5 Å². The highest BCUT2D eigenvalue weighted by Gasteiger charge is 2.44. The van der Waals surface area contributed by atoms with Crippen LogP contribution in [0.1, 0.15) is 141 Å². The summed E-state index contributed by atoms with van der Waals surface area (Å²) in [6.45, 7) is 22.4. The molecule has 7 nitrogen and oxygen atoms in total. The third-order valence-electron chi connectivity index (χ3n) is 12.2. The van der Waals surface area contributed by atoms with Gasteiger partial charge in [0.05, 0.1) is 25.9 Å². The van der Waals surface area contributed by atoms with Crippen molar-refractivity contribution in [1.29, 1.82) is 0 Å². The molecule has 0 atom stereocenters. The second-order valence-corrected chi connectivity index (χ2v) is 20.1. The number of methoxy groups -OCH3 is 1. The normalized spacial score (nSPS) is 12.3. The quantitative estimate of drug-likeness (QED) is 0.0734.